The Kier molecular flexibility index (Phi) is 6.55. The van der Waals surface area contributed by atoms with Crippen molar-refractivity contribution in [3.8, 4) is 0 Å². The number of nitrogens with one attached hydrogen (secondary N) is 1. The summed E-state index contributed by atoms with van der Waals surface area (Å²) in [6.45, 7) is 6.16. The van der Waals surface area contributed by atoms with Crippen molar-refractivity contribution < 1.29 is 14.6 Å². The lowest BCUT2D eigenvalue weighted by Gasteiger charge is -2.47. The molecule has 148 valence electrons. The topological polar surface area (TPSA) is 76.4 Å². The zero-order valence-corrected chi connectivity index (χ0v) is 17.6. The van der Waals surface area contributed by atoms with Crippen LogP contribution in [-0.4, -0.2) is 40.4 Å². The Morgan fingerprint density at radius 3 is 2.85 bits per heavy atom. The Morgan fingerprint density at radius 1 is 1.48 bits per heavy atom. The van der Waals surface area contributed by atoms with Gasteiger partial charge in [-0.3, -0.25) is 4.79 Å². The number of rotatable bonds is 9. The van der Waals surface area contributed by atoms with E-state index in [0.717, 1.165) is 40.5 Å². The number of aromatic nitrogens is 2. The second-order valence-electron chi connectivity index (χ2n) is 7.43. The molecule has 3 rings (SSSR count). The zero-order valence-electron chi connectivity index (χ0n) is 16.0. The van der Waals surface area contributed by atoms with Crippen LogP contribution in [0.1, 0.15) is 39.5 Å². The number of hydrogen-bond acceptors (Lipinski definition) is 4. The van der Waals surface area contributed by atoms with E-state index in [9.17, 15) is 9.90 Å². The number of aliphatic hydroxyl groups is 1. The smallest absolute Gasteiger partial charge is 0.225 e. The van der Waals surface area contributed by atoms with E-state index < -0.39 is 0 Å². The lowest BCUT2D eigenvalue weighted by molar-refractivity contribution is -0.160. The van der Waals surface area contributed by atoms with Crippen LogP contribution in [0.2, 0.25) is 0 Å². The van der Waals surface area contributed by atoms with Crippen molar-refractivity contribution in [3.63, 3.8) is 0 Å². The first-order valence-corrected chi connectivity index (χ1v) is 10.5. The van der Waals surface area contributed by atoms with Crippen molar-refractivity contribution in [2.75, 3.05) is 25.1 Å². The number of pyridine rings is 1. The molecule has 7 heteroatoms. The molecule has 1 atom stereocenters. The first kappa shape index (κ1) is 20.3. The molecule has 0 bridgehead atoms. The van der Waals surface area contributed by atoms with Gasteiger partial charge < -0.3 is 19.7 Å². The number of fused-ring (bicyclic) bond motifs is 1. The van der Waals surface area contributed by atoms with Crippen LogP contribution in [0.5, 0.6) is 0 Å². The average Bonchev–Trinajstić information content (AvgIpc) is 2.95. The van der Waals surface area contributed by atoms with Crippen molar-refractivity contribution >= 4 is 38.6 Å². The minimum absolute atomic E-state index is 0.00616. The lowest BCUT2D eigenvalue weighted by atomic mass is 9.68. The minimum atomic E-state index is -0.0478. The fraction of sp³-hybridized carbons (Fsp3) is 0.600. The number of aliphatic hydroxyl groups excluding tert-OH is 1. The number of ether oxygens (including phenoxy) is 1. The molecule has 0 spiro atoms. The van der Waals surface area contributed by atoms with Gasteiger partial charge in [-0.25, -0.2) is 4.98 Å². The lowest BCUT2D eigenvalue weighted by Crippen LogP contribution is -2.50. The maximum atomic E-state index is 12.9. The Morgan fingerprint density at radius 2 is 2.26 bits per heavy atom. The Bertz CT molecular complexity index is 801. The summed E-state index contributed by atoms with van der Waals surface area (Å²) in [7, 11) is 0. The molecule has 1 aliphatic heterocycles. The van der Waals surface area contributed by atoms with Gasteiger partial charge >= 0.3 is 0 Å². The SMILES string of the molecule is CCCC(CC)C1(CC(=O)Nc2cn(CCO)c3nccc(Br)c23)COC1. The Hall–Kier alpha value is -1.44. The van der Waals surface area contributed by atoms with Gasteiger partial charge in [0.05, 0.1) is 30.9 Å². The van der Waals surface area contributed by atoms with Crippen LogP contribution < -0.4 is 5.32 Å². The first-order valence-electron chi connectivity index (χ1n) is 9.66. The number of carbonyl (C=O) groups is 1. The third kappa shape index (κ3) is 4.05. The van der Waals surface area contributed by atoms with Crippen LogP contribution in [0.15, 0.2) is 22.9 Å². The molecule has 1 fully saturated rings. The summed E-state index contributed by atoms with van der Waals surface area (Å²) in [6.07, 6.45) is 7.34. The second-order valence-corrected chi connectivity index (χ2v) is 8.28. The number of carbonyl (C=O) groups excluding carboxylic acids is 1. The molecule has 1 saturated heterocycles. The molecule has 2 aromatic rings. The number of anilines is 1. The normalized spacial score (nSPS) is 16.9. The van der Waals surface area contributed by atoms with Gasteiger partial charge in [0.15, 0.2) is 0 Å². The third-order valence-electron chi connectivity index (χ3n) is 5.61. The van der Waals surface area contributed by atoms with Crippen LogP contribution in [0, 0.1) is 11.3 Å². The van der Waals surface area contributed by atoms with Crippen molar-refractivity contribution in [3.05, 3.63) is 22.9 Å². The van der Waals surface area contributed by atoms with Crippen LogP contribution in [0.25, 0.3) is 11.0 Å². The quantitative estimate of drug-likeness (QED) is 0.622. The predicted molar refractivity (Wildman–Crippen MR) is 110 cm³/mol. The van der Waals surface area contributed by atoms with E-state index in [-0.39, 0.29) is 17.9 Å². The van der Waals surface area contributed by atoms with E-state index in [1.54, 1.807) is 6.20 Å². The summed E-state index contributed by atoms with van der Waals surface area (Å²) < 4.78 is 8.25. The van der Waals surface area contributed by atoms with E-state index in [1.165, 1.54) is 0 Å². The molecule has 1 unspecified atom stereocenters. The molecule has 1 amide bonds. The number of halogens is 1. The Balaban J connectivity index is 1.82. The van der Waals surface area contributed by atoms with Gasteiger partial charge in [-0.05, 0) is 27.9 Å². The largest absolute Gasteiger partial charge is 0.395 e. The highest BCUT2D eigenvalue weighted by Crippen LogP contribution is 2.44. The summed E-state index contributed by atoms with van der Waals surface area (Å²) in [6, 6.07) is 1.86. The molecular formula is C20H28BrN3O3. The first-order chi connectivity index (χ1) is 13.0. The monoisotopic (exact) mass is 437 g/mol. The van der Waals surface area contributed by atoms with Gasteiger partial charge in [-0.2, -0.15) is 0 Å². The summed E-state index contributed by atoms with van der Waals surface area (Å²) in [5.41, 5.74) is 1.42. The molecule has 0 aliphatic carbocycles. The maximum Gasteiger partial charge on any atom is 0.225 e. The number of hydrogen-bond donors (Lipinski definition) is 2. The van der Waals surface area contributed by atoms with E-state index in [1.807, 2.05) is 16.8 Å². The molecule has 3 heterocycles. The van der Waals surface area contributed by atoms with Crippen LogP contribution in [0.3, 0.4) is 0 Å². The summed E-state index contributed by atoms with van der Waals surface area (Å²) in [5, 5.41) is 13.3. The summed E-state index contributed by atoms with van der Waals surface area (Å²) >= 11 is 3.56. The average molecular weight is 438 g/mol. The minimum Gasteiger partial charge on any atom is -0.395 e. The van der Waals surface area contributed by atoms with Gasteiger partial charge in [-0.1, -0.05) is 33.1 Å². The maximum absolute atomic E-state index is 12.9. The van der Waals surface area contributed by atoms with Crippen LogP contribution in [-0.2, 0) is 16.1 Å². The molecule has 2 N–H and O–H groups in total. The highest BCUT2D eigenvalue weighted by Gasteiger charge is 2.45. The van der Waals surface area contributed by atoms with Crippen molar-refractivity contribution in [2.45, 2.75) is 46.1 Å². The molecule has 2 aromatic heterocycles. The molecule has 0 radical (unpaired) electrons. The van der Waals surface area contributed by atoms with Gasteiger partial charge in [0.1, 0.15) is 5.65 Å². The molecule has 1 aliphatic rings. The van der Waals surface area contributed by atoms with Crippen molar-refractivity contribution in [1.29, 1.82) is 0 Å². The van der Waals surface area contributed by atoms with Crippen LogP contribution in [0.4, 0.5) is 5.69 Å². The molecule has 0 aromatic carbocycles. The summed E-state index contributed by atoms with van der Waals surface area (Å²) in [5.74, 6) is 0.512. The van der Waals surface area contributed by atoms with Gasteiger partial charge in [-0.15, -0.1) is 0 Å². The molecule has 27 heavy (non-hydrogen) atoms. The van der Waals surface area contributed by atoms with Crippen LogP contribution >= 0.6 is 15.9 Å². The third-order valence-corrected chi connectivity index (χ3v) is 6.27. The van der Waals surface area contributed by atoms with E-state index >= 15 is 0 Å². The highest BCUT2D eigenvalue weighted by molar-refractivity contribution is 9.10. The molecular weight excluding hydrogens is 410 g/mol. The van der Waals surface area contributed by atoms with Crippen molar-refractivity contribution in [1.82, 2.24) is 9.55 Å². The van der Waals surface area contributed by atoms with Gasteiger partial charge in [0.25, 0.3) is 0 Å². The summed E-state index contributed by atoms with van der Waals surface area (Å²) in [4.78, 5) is 17.3. The van der Waals surface area contributed by atoms with Gasteiger partial charge in [0.2, 0.25) is 5.91 Å². The standard InChI is InChI=1S/C20H28BrN3O3/c1-3-5-14(4-2)20(12-27-13-20)10-17(26)23-16-11-24(8-9-25)19-18(16)15(21)6-7-22-19/h6-7,11,14,25H,3-5,8-10,12-13H2,1-2H3,(H,23,26). The molecule has 6 nitrogen and oxygen atoms in total. The zero-order chi connectivity index (χ0) is 19.4. The molecule has 0 saturated carbocycles. The predicted octanol–water partition coefficient (Wildman–Crippen LogP) is 3.96. The number of nitrogens with zero attached hydrogens (tertiary/aromatic N) is 2. The highest BCUT2D eigenvalue weighted by atomic mass is 79.9. The van der Waals surface area contributed by atoms with E-state index in [2.05, 4.69) is 40.1 Å². The van der Waals surface area contributed by atoms with E-state index in [0.29, 0.717) is 32.1 Å². The fourth-order valence-electron chi connectivity index (χ4n) is 4.20. The van der Waals surface area contributed by atoms with Crippen molar-refractivity contribution in [2.24, 2.45) is 11.3 Å². The van der Waals surface area contributed by atoms with E-state index in [4.69, 9.17) is 4.74 Å². The number of amides is 1. The Labute approximate surface area is 168 Å². The van der Waals surface area contributed by atoms with Gasteiger partial charge in [0, 0.05) is 35.2 Å². The second kappa shape index (κ2) is 8.71. The fourth-order valence-corrected chi connectivity index (χ4v) is 4.71.